The number of aryl methyl sites for hydroxylation is 1. The van der Waals surface area contributed by atoms with Gasteiger partial charge >= 0.3 is 6.18 Å². The molecule has 0 bridgehead atoms. The van der Waals surface area contributed by atoms with Gasteiger partial charge < -0.3 is 0 Å². The molecule has 2 aromatic heterocycles. The number of carbonyl (C=O) groups excluding carboxylic acids is 1. The standard InChI is InChI=1S/C15H9F3N2OS/c1-8-3-2-4-9(7-8)12(21)11-13-10(5-6-22-13)19-14(20-11)15(16,17)18/h2-7H,1H3. The summed E-state index contributed by atoms with van der Waals surface area (Å²) in [6.45, 7) is 1.80. The van der Waals surface area contributed by atoms with Gasteiger partial charge in [-0.1, -0.05) is 23.8 Å². The molecule has 3 nitrogen and oxygen atoms in total. The van der Waals surface area contributed by atoms with Crippen molar-refractivity contribution in [1.29, 1.82) is 0 Å². The maximum Gasteiger partial charge on any atom is 0.451 e. The summed E-state index contributed by atoms with van der Waals surface area (Å²) in [6.07, 6.45) is -4.70. The molecule has 0 amide bonds. The Morgan fingerprint density at radius 1 is 1.18 bits per heavy atom. The van der Waals surface area contributed by atoms with Gasteiger partial charge in [0.2, 0.25) is 11.6 Å². The summed E-state index contributed by atoms with van der Waals surface area (Å²) < 4.78 is 39.1. The van der Waals surface area contributed by atoms with Crippen molar-refractivity contribution in [3.8, 4) is 0 Å². The van der Waals surface area contributed by atoms with Gasteiger partial charge in [0.05, 0.1) is 10.2 Å². The van der Waals surface area contributed by atoms with Crippen molar-refractivity contribution < 1.29 is 18.0 Å². The maximum absolute atomic E-state index is 12.9. The first-order valence-electron chi connectivity index (χ1n) is 6.30. The molecular weight excluding hydrogens is 313 g/mol. The number of benzene rings is 1. The minimum Gasteiger partial charge on any atom is -0.287 e. The Morgan fingerprint density at radius 3 is 2.64 bits per heavy atom. The van der Waals surface area contributed by atoms with E-state index < -0.39 is 17.8 Å². The molecule has 0 unspecified atom stereocenters. The molecule has 0 aliphatic carbocycles. The van der Waals surface area contributed by atoms with Crippen LogP contribution in [0.2, 0.25) is 0 Å². The Hall–Kier alpha value is -2.28. The van der Waals surface area contributed by atoms with Crippen molar-refractivity contribution >= 4 is 27.3 Å². The average Bonchev–Trinajstić information content (AvgIpc) is 2.93. The molecule has 0 radical (unpaired) electrons. The molecule has 1 aromatic carbocycles. The van der Waals surface area contributed by atoms with Gasteiger partial charge in [0, 0.05) is 5.56 Å². The van der Waals surface area contributed by atoms with E-state index in [2.05, 4.69) is 9.97 Å². The van der Waals surface area contributed by atoms with Gasteiger partial charge in [0.1, 0.15) is 5.69 Å². The normalized spacial score (nSPS) is 11.8. The van der Waals surface area contributed by atoms with Crippen LogP contribution in [0.15, 0.2) is 35.7 Å². The molecule has 3 rings (SSSR count). The Labute approximate surface area is 127 Å². The fourth-order valence-corrected chi connectivity index (χ4v) is 2.88. The highest BCUT2D eigenvalue weighted by atomic mass is 32.1. The molecule has 0 aliphatic rings. The molecule has 112 valence electrons. The van der Waals surface area contributed by atoms with Crippen LogP contribution in [-0.4, -0.2) is 15.8 Å². The molecule has 22 heavy (non-hydrogen) atoms. The zero-order chi connectivity index (χ0) is 15.9. The van der Waals surface area contributed by atoms with Gasteiger partial charge in [0.25, 0.3) is 0 Å². The van der Waals surface area contributed by atoms with Crippen LogP contribution in [0, 0.1) is 6.92 Å². The van der Waals surface area contributed by atoms with Crippen LogP contribution in [0.1, 0.15) is 27.4 Å². The zero-order valence-corrected chi connectivity index (χ0v) is 12.1. The van der Waals surface area contributed by atoms with Crippen LogP contribution in [0.5, 0.6) is 0 Å². The lowest BCUT2D eigenvalue weighted by Gasteiger charge is -2.08. The van der Waals surface area contributed by atoms with E-state index in [9.17, 15) is 18.0 Å². The number of aromatic nitrogens is 2. The highest BCUT2D eigenvalue weighted by Gasteiger charge is 2.36. The molecule has 0 aliphatic heterocycles. The van der Waals surface area contributed by atoms with Crippen molar-refractivity contribution in [3.63, 3.8) is 0 Å². The molecular formula is C15H9F3N2OS. The summed E-state index contributed by atoms with van der Waals surface area (Å²) in [5.74, 6) is -1.83. The van der Waals surface area contributed by atoms with E-state index in [1.54, 1.807) is 36.6 Å². The number of carbonyl (C=O) groups is 1. The van der Waals surface area contributed by atoms with E-state index in [0.29, 0.717) is 10.3 Å². The molecule has 7 heteroatoms. The lowest BCUT2D eigenvalue weighted by Crippen LogP contribution is -2.15. The van der Waals surface area contributed by atoms with Crippen LogP contribution < -0.4 is 0 Å². The second-order valence-corrected chi connectivity index (χ2v) is 5.64. The fourth-order valence-electron chi connectivity index (χ4n) is 2.07. The maximum atomic E-state index is 12.9. The third-order valence-electron chi connectivity index (χ3n) is 3.05. The van der Waals surface area contributed by atoms with Crippen LogP contribution in [0.25, 0.3) is 10.2 Å². The largest absolute Gasteiger partial charge is 0.451 e. The Bertz CT molecular complexity index is 871. The van der Waals surface area contributed by atoms with Crippen LogP contribution in [0.4, 0.5) is 13.2 Å². The summed E-state index contributed by atoms with van der Waals surface area (Å²) in [6, 6.07) is 8.11. The van der Waals surface area contributed by atoms with E-state index in [4.69, 9.17) is 0 Å². The number of hydrogen-bond donors (Lipinski definition) is 0. The second-order valence-electron chi connectivity index (χ2n) is 4.73. The van der Waals surface area contributed by atoms with Crippen molar-refractivity contribution in [1.82, 2.24) is 9.97 Å². The van der Waals surface area contributed by atoms with Crippen molar-refractivity contribution in [2.24, 2.45) is 0 Å². The van der Waals surface area contributed by atoms with Crippen molar-refractivity contribution in [3.05, 3.63) is 58.4 Å². The van der Waals surface area contributed by atoms with Crippen molar-refractivity contribution in [2.45, 2.75) is 13.1 Å². The van der Waals surface area contributed by atoms with Gasteiger partial charge in [-0.05, 0) is 24.4 Å². The van der Waals surface area contributed by atoms with E-state index in [-0.39, 0.29) is 11.2 Å². The first-order valence-corrected chi connectivity index (χ1v) is 7.18. The third-order valence-corrected chi connectivity index (χ3v) is 3.96. The van der Waals surface area contributed by atoms with Gasteiger partial charge in [-0.25, -0.2) is 9.97 Å². The third kappa shape index (κ3) is 2.59. The number of halogens is 3. The lowest BCUT2D eigenvalue weighted by atomic mass is 10.1. The van der Waals surface area contributed by atoms with E-state index >= 15 is 0 Å². The molecule has 2 heterocycles. The van der Waals surface area contributed by atoms with Gasteiger partial charge in [-0.15, -0.1) is 11.3 Å². The first-order chi connectivity index (χ1) is 10.4. The number of ketones is 1. The Balaban J connectivity index is 2.21. The Kier molecular flexibility index (Phi) is 3.44. The average molecular weight is 322 g/mol. The van der Waals surface area contributed by atoms with E-state index in [1.807, 2.05) is 0 Å². The molecule has 0 fully saturated rings. The van der Waals surface area contributed by atoms with E-state index in [1.165, 1.54) is 6.07 Å². The van der Waals surface area contributed by atoms with Crippen LogP contribution in [-0.2, 0) is 6.18 Å². The first kappa shape index (κ1) is 14.6. The number of thiophene rings is 1. The summed E-state index contributed by atoms with van der Waals surface area (Å²) in [5, 5.41) is 1.59. The second kappa shape index (κ2) is 5.17. The highest BCUT2D eigenvalue weighted by molar-refractivity contribution is 7.17. The van der Waals surface area contributed by atoms with Crippen molar-refractivity contribution in [2.75, 3.05) is 0 Å². The van der Waals surface area contributed by atoms with Gasteiger partial charge in [-0.3, -0.25) is 4.79 Å². The molecule has 0 saturated carbocycles. The minimum atomic E-state index is -4.70. The summed E-state index contributed by atoms with van der Waals surface area (Å²) in [7, 11) is 0. The van der Waals surface area contributed by atoms with E-state index in [0.717, 1.165) is 16.9 Å². The number of rotatable bonds is 2. The lowest BCUT2D eigenvalue weighted by molar-refractivity contribution is -0.144. The molecule has 0 N–H and O–H groups in total. The SMILES string of the molecule is Cc1cccc(C(=O)c2nc(C(F)(F)F)nc3ccsc23)c1. The summed E-state index contributed by atoms with van der Waals surface area (Å²) >= 11 is 1.15. The quantitative estimate of drug-likeness (QED) is 0.662. The number of nitrogens with zero attached hydrogens (tertiary/aromatic N) is 2. The summed E-state index contributed by atoms with van der Waals surface area (Å²) in [5.41, 5.74) is 1.07. The monoisotopic (exact) mass is 322 g/mol. The number of fused-ring (bicyclic) bond motifs is 1. The Morgan fingerprint density at radius 2 is 1.95 bits per heavy atom. The predicted octanol–water partition coefficient (Wildman–Crippen LogP) is 4.25. The number of alkyl halides is 3. The molecule has 3 aromatic rings. The zero-order valence-electron chi connectivity index (χ0n) is 11.3. The highest BCUT2D eigenvalue weighted by Crippen LogP contribution is 2.31. The minimum absolute atomic E-state index is 0.128. The molecule has 0 saturated heterocycles. The fraction of sp³-hybridized carbons (Fsp3) is 0.133. The molecule has 0 atom stereocenters. The van der Waals surface area contributed by atoms with Crippen LogP contribution >= 0.6 is 11.3 Å². The summed E-state index contributed by atoms with van der Waals surface area (Å²) in [4.78, 5) is 19.5. The topological polar surface area (TPSA) is 42.9 Å². The number of hydrogen-bond acceptors (Lipinski definition) is 4. The smallest absolute Gasteiger partial charge is 0.287 e. The van der Waals surface area contributed by atoms with Crippen LogP contribution in [0.3, 0.4) is 0 Å². The predicted molar refractivity (Wildman–Crippen MR) is 77.0 cm³/mol. The molecule has 0 spiro atoms. The van der Waals surface area contributed by atoms with Gasteiger partial charge in [-0.2, -0.15) is 13.2 Å². The van der Waals surface area contributed by atoms with Gasteiger partial charge in [0.15, 0.2) is 0 Å².